The van der Waals surface area contributed by atoms with E-state index in [1.165, 1.54) is 23.5 Å². The van der Waals surface area contributed by atoms with Crippen LogP contribution < -0.4 is 5.32 Å². The Hall–Kier alpha value is -1.71. The minimum Gasteiger partial charge on any atom is -0.296 e. The number of hydrogen-bond acceptors (Lipinski definition) is 7. The van der Waals surface area contributed by atoms with Crippen LogP contribution in [-0.4, -0.2) is 26.3 Å². The monoisotopic (exact) mass is 358 g/mol. The summed E-state index contributed by atoms with van der Waals surface area (Å²) in [5.41, 5.74) is -0.0337. The van der Waals surface area contributed by atoms with Gasteiger partial charge in [0.2, 0.25) is 5.13 Å². The summed E-state index contributed by atoms with van der Waals surface area (Å²) < 4.78 is 0.750. The number of carbonyl (C=O) groups excluding carboxylic acids is 1. The maximum atomic E-state index is 12.1. The molecule has 10 heteroatoms. The zero-order valence-corrected chi connectivity index (χ0v) is 14.0. The molecule has 0 bridgehead atoms. The second-order valence-electron chi connectivity index (χ2n) is 4.42. The summed E-state index contributed by atoms with van der Waals surface area (Å²) in [4.78, 5) is 22.2. The van der Waals surface area contributed by atoms with Gasteiger partial charge in [-0.1, -0.05) is 48.5 Å². The number of nitro groups is 1. The van der Waals surface area contributed by atoms with Crippen molar-refractivity contribution >= 4 is 51.4 Å². The van der Waals surface area contributed by atoms with Gasteiger partial charge in [0.1, 0.15) is 0 Å². The topological polar surface area (TPSA) is 98.0 Å². The molecule has 0 spiro atoms. The molecule has 1 heterocycles. The van der Waals surface area contributed by atoms with Crippen LogP contribution in [0.3, 0.4) is 0 Å². The largest absolute Gasteiger partial charge is 0.296 e. The highest BCUT2D eigenvalue weighted by Gasteiger charge is 2.17. The van der Waals surface area contributed by atoms with Crippen molar-refractivity contribution in [1.29, 1.82) is 0 Å². The van der Waals surface area contributed by atoms with Crippen LogP contribution >= 0.6 is 34.7 Å². The number of benzene rings is 1. The number of hydrogen-bond donors (Lipinski definition) is 1. The molecule has 0 aliphatic rings. The summed E-state index contributed by atoms with van der Waals surface area (Å²) >= 11 is 8.71. The number of non-ortho nitro benzene ring substituents is 1. The molecule has 2 aromatic rings. The Labute approximate surface area is 139 Å². The Bertz CT molecular complexity index is 720. The van der Waals surface area contributed by atoms with E-state index in [4.69, 9.17) is 11.6 Å². The van der Waals surface area contributed by atoms with Gasteiger partial charge >= 0.3 is 0 Å². The minimum atomic E-state index is -0.576. The molecule has 2 rings (SSSR count). The molecule has 0 saturated carbocycles. The molecule has 0 saturated heterocycles. The molecule has 1 N–H and O–H groups in total. The van der Waals surface area contributed by atoms with Crippen LogP contribution in [0.15, 0.2) is 22.5 Å². The molecule has 0 radical (unpaired) electrons. The highest BCUT2D eigenvalue weighted by Crippen LogP contribution is 2.29. The molecule has 22 heavy (non-hydrogen) atoms. The molecule has 7 nitrogen and oxygen atoms in total. The number of amides is 1. The Balaban J connectivity index is 2.12. The predicted octanol–water partition coefficient (Wildman–Crippen LogP) is 3.85. The first-order valence-corrected chi connectivity index (χ1v) is 8.19. The Morgan fingerprint density at radius 2 is 2.18 bits per heavy atom. The van der Waals surface area contributed by atoms with Crippen molar-refractivity contribution in [2.45, 2.75) is 23.4 Å². The highest BCUT2D eigenvalue weighted by atomic mass is 35.5. The second-order valence-corrected chi connectivity index (χ2v) is 7.62. The normalized spacial score (nSPS) is 10.7. The first-order chi connectivity index (χ1) is 10.4. The van der Waals surface area contributed by atoms with Gasteiger partial charge in [0.05, 0.1) is 15.5 Å². The fourth-order valence-electron chi connectivity index (χ4n) is 1.48. The van der Waals surface area contributed by atoms with Gasteiger partial charge < -0.3 is 0 Å². The number of rotatable bonds is 5. The molecule has 1 amide bonds. The number of halogens is 1. The third-order valence-electron chi connectivity index (χ3n) is 2.37. The van der Waals surface area contributed by atoms with E-state index in [-0.39, 0.29) is 16.3 Å². The number of nitrogens with one attached hydrogen (secondary N) is 1. The van der Waals surface area contributed by atoms with Gasteiger partial charge in [-0.3, -0.25) is 20.2 Å². The smallest absolute Gasteiger partial charge is 0.270 e. The van der Waals surface area contributed by atoms with Crippen LogP contribution in [0.5, 0.6) is 0 Å². The van der Waals surface area contributed by atoms with E-state index in [1.54, 1.807) is 11.8 Å². The molecule has 0 unspecified atom stereocenters. The van der Waals surface area contributed by atoms with Crippen LogP contribution in [0.25, 0.3) is 0 Å². The van der Waals surface area contributed by atoms with E-state index in [1.807, 2.05) is 13.8 Å². The lowest BCUT2D eigenvalue weighted by Gasteiger charge is -2.03. The van der Waals surface area contributed by atoms with Crippen molar-refractivity contribution in [1.82, 2.24) is 10.2 Å². The molecule has 1 aromatic carbocycles. The zero-order chi connectivity index (χ0) is 16.3. The minimum absolute atomic E-state index is 0.00740. The number of carbonyl (C=O) groups is 1. The predicted molar refractivity (Wildman–Crippen MR) is 87.0 cm³/mol. The van der Waals surface area contributed by atoms with Crippen LogP contribution in [0.4, 0.5) is 10.8 Å². The van der Waals surface area contributed by atoms with Crippen LogP contribution in [0, 0.1) is 10.1 Å². The van der Waals surface area contributed by atoms with E-state index in [2.05, 4.69) is 15.5 Å². The van der Waals surface area contributed by atoms with Gasteiger partial charge in [-0.15, -0.1) is 10.2 Å². The summed E-state index contributed by atoms with van der Waals surface area (Å²) in [5, 5.41) is 21.8. The molecule has 116 valence electrons. The third-order valence-corrected chi connectivity index (χ3v) is 4.61. The van der Waals surface area contributed by atoms with Crippen LogP contribution in [0.1, 0.15) is 24.2 Å². The number of anilines is 1. The van der Waals surface area contributed by atoms with Crippen molar-refractivity contribution in [3.63, 3.8) is 0 Å². The number of nitro benzene ring substituents is 1. The van der Waals surface area contributed by atoms with Gasteiger partial charge in [-0.25, -0.2) is 0 Å². The standard InChI is InChI=1S/C12H11ClN4O3S2/c1-6(2)21-12-16-15-11(22-12)14-10(18)8-4-3-7(17(19)20)5-9(8)13/h3-6H,1-2H3,(H,14,15,18). The fraction of sp³-hybridized carbons (Fsp3) is 0.250. The first-order valence-electron chi connectivity index (χ1n) is 6.12. The van der Waals surface area contributed by atoms with Crippen molar-refractivity contribution in [3.8, 4) is 0 Å². The quantitative estimate of drug-likeness (QED) is 0.377. The summed E-state index contributed by atoms with van der Waals surface area (Å²) in [6.07, 6.45) is 0. The van der Waals surface area contributed by atoms with E-state index < -0.39 is 10.8 Å². The molecule has 1 aromatic heterocycles. The van der Waals surface area contributed by atoms with Crippen LogP contribution in [-0.2, 0) is 0 Å². The molecular formula is C12H11ClN4O3S2. The van der Waals surface area contributed by atoms with E-state index >= 15 is 0 Å². The summed E-state index contributed by atoms with van der Waals surface area (Å²) in [6, 6.07) is 3.66. The Morgan fingerprint density at radius 3 is 2.77 bits per heavy atom. The molecular weight excluding hydrogens is 348 g/mol. The zero-order valence-electron chi connectivity index (χ0n) is 11.6. The van der Waals surface area contributed by atoms with Gasteiger partial charge in [0.15, 0.2) is 4.34 Å². The SMILES string of the molecule is CC(C)Sc1nnc(NC(=O)c2ccc([N+](=O)[O-])cc2Cl)s1. The lowest BCUT2D eigenvalue weighted by molar-refractivity contribution is -0.384. The molecule has 0 atom stereocenters. The maximum Gasteiger partial charge on any atom is 0.270 e. The third kappa shape index (κ3) is 4.15. The summed E-state index contributed by atoms with van der Waals surface area (Å²) in [5.74, 6) is -0.489. The van der Waals surface area contributed by atoms with E-state index in [9.17, 15) is 14.9 Å². The van der Waals surface area contributed by atoms with Crippen molar-refractivity contribution in [2.75, 3.05) is 5.32 Å². The number of thioether (sulfide) groups is 1. The lowest BCUT2D eigenvalue weighted by atomic mass is 10.2. The van der Waals surface area contributed by atoms with Gasteiger partial charge in [0, 0.05) is 17.4 Å². The van der Waals surface area contributed by atoms with Gasteiger partial charge in [-0.2, -0.15) is 0 Å². The summed E-state index contributed by atoms with van der Waals surface area (Å²) in [6.45, 7) is 4.06. The molecule has 0 aliphatic heterocycles. The van der Waals surface area contributed by atoms with Crippen LogP contribution in [0.2, 0.25) is 5.02 Å². The lowest BCUT2D eigenvalue weighted by Crippen LogP contribution is -2.12. The average molecular weight is 359 g/mol. The van der Waals surface area contributed by atoms with E-state index in [0.717, 1.165) is 10.4 Å². The number of nitrogens with zero attached hydrogens (tertiary/aromatic N) is 3. The maximum absolute atomic E-state index is 12.1. The second kappa shape index (κ2) is 7.03. The first kappa shape index (κ1) is 16.7. The summed E-state index contributed by atoms with van der Waals surface area (Å²) in [7, 11) is 0. The Morgan fingerprint density at radius 1 is 1.45 bits per heavy atom. The fourth-order valence-corrected chi connectivity index (χ4v) is 3.71. The van der Waals surface area contributed by atoms with Gasteiger partial charge in [0.25, 0.3) is 11.6 Å². The van der Waals surface area contributed by atoms with Crippen molar-refractivity contribution in [3.05, 3.63) is 38.9 Å². The van der Waals surface area contributed by atoms with Crippen molar-refractivity contribution < 1.29 is 9.72 Å². The highest BCUT2D eigenvalue weighted by molar-refractivity contribution is 8.01. The average Bonchev–Trinajstić information content (AvgIpc) is 2.84. The molecule has 0 aliphatic carbocycles. The number of aromatic nitrogens is 2. The Kier molecular flexibility index (Phi) is 5.33. The van der Waals surface area contributed by atoms with Crippen molar-refractivity contribution in [2.24, 2.45) is 0 Å². The molecule has 0 fully saturated rings. The van der Waals surface area contributed by atoms with E-state index in [0.29, 0.717) is 10.4 Å². The van der Waals surface area contributed by atoms with Gasteiger partial charge in [-0.05, 0) is 6.07 Å².